The number of hydrogen-bond donors (Lipinski definition) is 1. The topological polar surface area (TPSA) is 37.3 Å². The lowest BCUT2D eigenvalue weighted by atomic mass is 10.0. The van der Waals surface area contributed by atoms with Crippen molar-refractivity contribution in [1.82, 2.24) is 0 Å². The number of aromatic hydroxyl groups is 1. The lowest BCUT2D eigenvalue weighted by Gasteiger charge is -2.17. The molecule has 1 N–H and O–H groups in total. The fourth-order valence-electron chi connectivity index (χ4n) is 2.52. The molecule has 0 heterocycles. The largest absolute Gasteiger partial charge is 0.507 e. The van der Waals surface area contributed by atoms with E-state index in [1.807, 2.05) is 72.8 Å². The number of phenolic OH excluding ortho intramolecular Hbond substituents is 1. The van der Waals surface area contributed by atoms with Gasteiger partial charge < -0.3 is 5.11 Å². The first-order valence-electron chi connectivity index (χ1n) is 7.82. The summed E-state index contributed by atoms with van der Waals surface area (Å²) in [6, 6.07) is 26.5. The minimum absolute atomic E-state index is 0.0489. The second kappa shape index (κ2) is 7.84. The molecule has 3 heteroatoms. The molecular weight excluding hydrogens is 316 g/mol. The first-order chi connectivity index (χ1) is 11.7. The monoisotopic (exact) mass is 334 g/mol. The third-order valence-electron chi connectivity index (χ3n) is 3.77. The minimum atomic E-state index is -0.0489. The average Bonchev–Trinajstić information content (AvgIpc) is 2.64. The molecule has 0 amide bonds. The Balaban J connectivity index is 1.86. The van der Waals surface area contributed by atoms with Crippen molar-refractivity contribution in [2.45, 2.75) is 16.6 Å². The summed E-state index contributed by atoms with van der Waals surface area (Å²) in [5.74, 6) is 0.350. The summed E-state index contributed by atoms with van der Waals surface area (Å²) >= 11 is 1.52. The van der Waals surface area contributed by atoms with Crippen LogP contribution < -0.4 is 0 Å². The lowest BCUT2D eigenvalue weighted by molar-refractivity contribution is 0.0982. The molecule has 0 aliphatic rings. The summed E-state index contributed by atoms with van der Waals surface area (Å²) in [7, 11) is 0. The predicted molar refractivity (Wildman–Crippen MR) is 98.5 cm³/mol. The molecule has 0 saturated carbocycles. The lowest BCUT2D eigenvalue weighted by Crippen LogP contribution is -2.05. The number of carbonyl (C=O) groups is 1. The number of rotatable bonds is 6. The Labute approximate surface area is 146 Å². The van der Waals surface area contributed by atoms with Crippen molar-refractivity contribution in [2.75, 3.05) is 0 Å². The summed E-state index contributed by atoms with van der Waals surface area (Å²) in [4.78, 5) is 13.4. The zero-order valence-corrected chi connectivity index (χ0v) is 13.9. The van der Waals surface area contributed by atoms with E-state index in [0.717, 1.165) is 16.0 Å². The highest BCUT2D eigenvalue weighted by atomic mass is 32.2. The van der Waals surface area contributed by atoms with Crippen LogP contribution in [0.3, 0.4) is 0 Å². The highest BCUT2D eigenvalue weighted by Gasteiger charge is 2.19. The van der Waals surface area contributed by atoms with E-state index in [-0.39, 0.29) is 16.8 Å². The number of hydrogen-bond acceptors (Lipinski definition) is 3. The number of Topliss-reactive ketones (excluding diaryl/α,β-unsaturated/α-hetero) is 1. The Kier molecular flexibility index (Phi) is 5.34. The van der Waals surface area contributed by atoms with Gasteiger partial charge in [-0.3, -0.25) is 4.79 Å². The van der Waals surface area contributed by atoms with E-state index in [1.165, 1.54) is 11.8 Å². The highest BCUT2D eigenvalue weighted by Crippen LogP contribution is 2.41. The van der Waals surface area contributed by atoms with Crippen molar-refractivity contribution >= 4 is 17.5 Å². The number of para-hydroxylation sites is 1. The van der Waals surface area contributed by atoms with Crippen LogP contribution in [-0.4, -0.2) is 10.9 Å². The first kappa shape index (κ1) is 16.3. The van der Waals surface area contributed by atoms with Crippen LogP contribution in [0, 0.1) is 0 Å². The molecule has 0 radical (unpaired) electrons. The van der Waals surface area contributed by atoms with Crippen molar-refractivity contribution < 1.29 is 9.90 Å². The van der Waals surface area contributed by atoms with Gasteiger partial charge in [0.15, 0.2) is 5.78 Å². The molecule has 0 aromatic heterocycles. The van der Waals surface area contributed by atoms with E-state index in [4.69, 9.17) is 0 Å². The molecule has 2 nitrogen and oxygen atoms in total. The van der Waals surface area contributed by atoms with Gasteiger partial charge in [-0.15, -0.1) is 11.8 Å². The van der Waals surface area contributed by atoms with Gasteiger partial charge in [0.2, 0.25) is 0 Å². The fourth-order valence-corrected chi connectivity index (χ4v) is 3.70. The van der Waals surface area contributed by atoms with E-state index < -0.39 is 0 Å². The molecule has 0 fully saturated rings. The second-order valence-electron chi connectivity index (χ2n) is 5.48. The van der Waals surface area contributed by atoms with Gasteiger partial charge in [-0.05, 0) is 17.7 Å². The number of benzene rings is 3. The van der Waals surface area contributed by atoms with Gasteiger partial charge in [0.1, 0.15) is 5.75 Å². The number of phenols is 1. The molecule has 0 aliphatic carbocycles. The van der Waals surface area contributed by atoms with Crippen LogP contribution in [0.4, 0.5) is 0 Å². The van der Waals surface area contributed by atoms with Crippen LogP contribution in [0.15, 0.2) is 89.8 Å². The summed E-state index contributed by atoms with van der Waals surface area (Å²) in [6.45, 7) is 0. The molecule has 3 aromatic carbocycles. The molecule has 3 rings (SSSR count). The van der Waals surface area contributed by atoms with Gasteiger partial charge in [0.25, 0.3) is 0 Å². The standard InChI is InChI=1S/C21H18O2S/c22-18-13-7-8-14-20(18)24-21(17-11-5-2-6-12-17)15-19(23)16-9-3-1-4-10-16/h1-14,21-22H,15H2. The van der Waals surface area contributed by atoms with Crippen LogP contribution in [0.2, 0.25) is 0 Å². The van der Waals surface area contributed by atoms with E-state index >= 15 is 0 Å². The average molecular weight is 334 g/mol. The van der Waals surface area contributed by atoms with Crippen LogP contribution in [0.25, 0.3) is 0 Å². The second-order valence-corrected chi connectivity index (χ2v) is 6.72. The molecule has 0 saturated heterocycles. The smallest absolute Gasteiger partial charge is 0.164 e. The van der Waals surface area contributed by atoms with Crippen molar-refractivity contribution in [3.05, 3.63) is 96.1 Å². The summed E-state index contributed by atoms with van der Waals surface area (Å²) in [6.07, 6.45) is 0.382. The zero-order valence-electron chi connectivity index (χ0n) is 13.1. The molecule has 120 valence electrons. The Bertz CT molecular complexity index is 800. The van der Waals surface area contributed by atoms with Crippen molar-refractivity contribution in [3.63, 3.8) is 0 Å². The third kappa shape index (κ3) is 4.06. The van der Waals surface area contributed by atoms with Gasteiger partial charge >= 0.3 is 0 Å². The highest BCUT2D eigenvalue weighted by molar-refractivity contribution is 7.99. The molecule has 0 aliphatic heterocycles. The molecule has 1 unspecified atom stereocenters. The van der Waals surface area contributed by atoms with Gasteiger partial charge in [-0.1, -0.05) is 72.8 Å². The van der Waals surface area contributed by atoms with E-state index in [2.05, 4.69) is 0 Å². The van der Waals surface area contributed by atoms with Crippen LogP contribution in [0.1, 0.15) is 27.6 Å². The maximum Gasteiger partial charge on any atom is 0.164 e. The zero-order chi connectivity index (χ0) is 16.8. The van der Waals surface area contributed by atoms with Crippen LogP contribution in [-0.2, 0) is 0 Å². The Morgan fingerprint density at radius 2 is 1.42 bits per heavy atom. The Morgan fingerprint density at radius 3 is 2.08 bits per heavy atom. The first-order valence-corrected chi connectivity index (χ1v) is 8.70. The van der Waals surface area contributed by atoms with Gasteiger partial charge in [0, 0.05) is 22.1 Å². The van der Waals surface area contributed by atoms with E-state index in [9.17, 15) is 9.90 Å². The van der Waals surface area contributed by atoms with Crippen molar-refractivity contribution in [3.8, 4) is 5.75 Å². The quantitative estimate of drug-likeness (QED) is 0.478. The van der Waals surface area contributed by atoms with Crippen LogP contribution in [0.5, 0.6) is 5.75 Å². The molecule has 0 spiro atoms. The molecule has 1 atom stereocenters. The van der Waals surface area contributed by atoms with Gasteiger partial charge in [0.05, 0.1) is 0 Å². The van der Waals surface area contributed by atoms with E-state index in [0.29, 0.717) is 6.42 Å². The van der Waals surface area contributed by atoms with Crippen LogP contribution >= 0.6 is 11.8 Å². The SMILES string of the molecule is O=C(CC(Sc1ccccc1O)c1ccccc1)c1ccccc1. The van der Waals surface area contributed by atoms with Gasteiger partial charge in [-0.25, -0.2) is 0 Å². The number of ketones is 1. The predicted octanol–water partition coefficient (Wildman–Crippen LogP) is 5.50. The van der Waals surface area contributed by atoms with Crippen molar-refractivity contribution in [2.24, 2.45) is 0 Å². The minimum Gasteiger partial charge on any atom is -0.507 e. The molecular formula is C21H18O2S. The molecule has 0 bridgehead atoms. The van der Waals surface area contributed by atoms with E-state index in [1.54, 1.807) is 12.1 Å². The number of carbonyl (C=O) groups excluding carboxylic acids is 1. The Hall–Kier alpha value is -2.52. The third-order valence-corrected chi connectivity index (χ3v) is 5.09. The Morgan fingerprint density at radius 1 is 0.833 bits per heavy atom. The fraction of sp³-hybridized carbons (Fsp3) is 0.0952. The summed E-state index contributed by atoms with van der Waals surface area (Å²) < 4.78 is 0. The normalized spacial score (nSPS) is 11.8. The summed E-state index contributed by atoms with van der Waals surface area (Å²) in [5, 5.41) is 10.0. The number of thioether (sulfide) groups is 1. The van der Waals surface area contributed by atoms with Gasteiger partial charge in [-0.2, -0.15) is 0 Å². The van der Waals surface area contributed by atoms with Crippen molar-refractivity contribution in [1.29, 1.82) is 0 Å². The molecule has 24 heavy (non-hydrogen) atoms. The summed E-state index contributed by atoms with van der Waals surface area (Å²) in [5.41, 5.74) is 1.80. The maximum absolute atomic E-state index is 12.6. The molecule has 3 aromatic rings. The maximum atomic E-state index is 12.6.